The summed E-state index contributed by atoms with van der Waals surface area (Å²) in [5.74, 6) is -1.09. The molecule has 1 aromatic carbocycles. The van der Waals surface area contributed by atoms with Gasteiger partial charge in [-0.2, -0.15) is 0 Å². The van der Waals surface area contributed by atoms with Crippen LogP contribution >= 0.6 is 43.2 Å². The van der Waals surface area contributed by atoms with Crippen molar-refractivity contribution in [3.8, 4) is 0 Å². The molecule has 0 spiro atoms. The molecule has 1 atom stereocenters. The Kier molecular flexibility index (Phi) is 5.72. The Morgan fingerprint density at radius 2 is 2.00 bits per heavy atom. The molecule has 2 aromatic rings. The lowest BCUT2D eigenvalue weighted by molar-refractivity contribution is 0.536. The van der Waals surface area contributed by atoms with Crippen molar-refractivity contribution in [2.75, 3.05) is 6.54 Å². The molecule has 0 saturated heterocycles. The van der Waals surface area contributed by atoms with E-state index in [4.69, 9.17) is 0 Å². The summed E-state index contributed by atoms with van der Waals surface area (Å²) in [7, 11) is 0. The first kappa shape index (κ1) is 16.1. The number of nitrogens with one attached hydrogen (secondary N) is 1. The van der Waals surface area contributed by atoms with Gasteiger partial charge in [-0.05, 0) is 57.0 Å². The van der Waals surface area contributed by atoms with Gasteiger partial charge in [-0.3, -0.25) is 0 Å². The average molecular weight is 425 g/mol. The molecule has 0 aliphatic rings. The third-order valence-corrected chi connectivity index (χ3v) is 6.14. The van der Waals surface area contributed by atoms with Gasteiger partial charge in [0.05, 0.1) is 9.83 Å². The van der Waals surface area contributed by atoms with E-state index in [0.717, 1.165) is 32.2 Å². The van der Waals surface area contributed by atoms with Crippen molar-refractivity contribution in [1.29, 1.82) is 0 Å². The van der Waals surface area contributed by atoms with E-state index >= 15 is 0 Å². The lowest BCUT2D eigenvalue weighted by atomic mass is 10.0. The number of thiophene rings is 1. The molecule has 20 heavy (non-hydrogen) atoms. The Hall–Kier alpha value is -0.300. The van der Waals surface area contributed by atoms with E-state index in [2.05, 4.69) is 37.2 Å². The van der Waals surface area contributed by atoms with E-state index in [0.29, 0.717) is 5.56 Å². The van der Waals surface area contributed by atoms with Crippen molar-refractivity contribution in [3.63, 3.8) is 0 Å². The van der Waals surface area contributed by atoms with Crippen molar-refractivity contribution in [3.05, 3.63) is 54.6 Å². The minimum Gasteiger partial charge on any atom is -0.306 e. The van der Waals surface area contributed by atoms with Gasteiger partial charge in [0.25, 0.3) is 0 Å². The molecule has 0 radical (unpaired) electrons. The van der Waals surface area contributed by atoms with E-state index in [1.165, 1.54) is 23.5 Å². The molecule has 0 saturated carbocycles. The van der Waals surface area contributed by atoms with Crippen LogP contribution in [0.4, 0.5) is 8.78 Å². The van der Waals surface area contributed by atoms with E-state index < -0.39 is 11.6 Å². The molecule has 0 aliphatic carbocycles. The zero-order valence-corrected chi connectivity index (χ0v) is 14.7. The zero-order valence-electron chi connectivity index (χ0n) is 10.7. The second kappa shape index (κ2) is 7.11. The minimum absolute atomic E-state index is 0.275. The van der Waals surface area contributed by atoms with E-state index in [1.54, 1.807) is 0 Å². The third-order valence-electron chi connectivity index (χ3n) is 2.82. The van der Waals surface area contributed by atoms with Gasteiger partial charge in [0.15, 0.2) is 0 Å². The van der Waals surface area contributed by atoms with Gasteiger partial charge >= 0.3 is 0 Å². The van der Waals surface area contributed by atoms with Crippen LogP contribution < -0.4 is 5.32 Å². The molecular weight excluding hydrogens is 412 g/mol. The fourth-order valence-corrected chi connectivity index (χ4v) is 4.08. The first-order chi connectivity index (χ1) is 9.52. The second-order valence-electron chi connectivity index (χ2n) is 4.32. The van der Waals surface area contributed by atoms with Crippen LogP contribution in [0, 0.1) is 11.6 Å². The summed E-state index contributed by atoms with van der Waals surface area (Å²) in [6, 6.07) is 5.39. The molecule has 1 heterocycles. The van der Waals surface area contributed by atoms with Crippen LogP contribution in [0.3, 0.4) is 0 Å². The molecule has 2 rings (SSSR count). The highest BCUT2D eigenvalue weighted by atomic mass is 79.9. The fraction of sp³-hybridized carbons (Fsp3) is 0.286. The van der Waals surface area contributed by atoms with Crippen LogP contribution in [-0.4, -0.2) is 6.54 Å². The summed E-state index contributed by atoms with van der Waals surface area (Å²) < 4.78 is 29.0. The summed E-state index contributed by atoms with van der Waals surface area (Å²) >= 11 is 8.41. The number of halogens is 4. The SMILES string of the molecule is CCCNC(c1cc(Br)c(Br)s1)c1ccc(F)cc1F. The number of hydrogen-bond acceptors (Lipinski definition) is 2. The maximum atomic E-state index is 14.0. The predicted molar refractivity (Wildman–Crippen MR) is 86.2 cm³/mol. The second-order valence-corrected chi connectivity index (χ2v) is 7.58. The van der Waals surface area contributed by atoms with Crippen molar-refractivity contribution >= 4 is 43.2 Å². The molecule has 1 nitrogen and oxygen atoms in total. The molecule has 0 aliphatic heterocycles. The van der Waals surface area contributed by atoms with Crippen LogP contribution in [0.25, 0.3) is 0 Å². The quantitative estimate of drug-likeness (QED) is 0.654. The zero-order chi connectivity index (χ0) is 14.7. The average Bonchev–Trinajstić information content (AvgIpc) is 2.72. The number of rotatable bonds is 5. The Labute approximate surface area is 137 Å². The lowest BCUT2D eigenvalue weighted by Gasteiger charge is -2.18. The summed E-state index contributed by atoms with van der Waals surface area (Å²) in [5.41, 5.74) is 0.459. The van der Waals surface area contributed by atoms with E-state index in [1.807, 2.05) is 13.0 Å². The molecule has 1 unspecified atom stereocenters. The molecule has 0 fully saturated rings. The number of benzene rings is 1. The Morgan fingerprint density at radius 1 is 1.25 bits per heavy atom. The highest BCUT2D eigenvalue weighted by Gasteiger charge is 2.20. The van der Waals surface area contributed by atoms with Crippen LogP contribution in [0.15, 0.2) is 32.5 Å². The van der Waals surface area contributed by atoms with Crippen molar-refractivity contribution in [2.24, 2.45) is 0 Å². The monoisotopic (exact) mass is 423 g/mol. The Morgan fingerprint density at radius 3 is 2.55 bits per heavy atom. The van der Waals surface area contributed by atoms with Gasteiger partial charge in [-0.1, -0.05) is 13.0 Å². The normalized spacial score (nSPS) is 12.7. The van der Waals surface area contributed by atoms with Crippen molar-refractivity contribution in [2.45, 2.75) is 19.4 Å². The predicted octanol–water partition coefficient (Wildman–Crippen LogP) is 5.64. The molecule has 1 aromatic heterocycles. The van der Waals surface area contributed by atoms with Gasteiger partial charge < -0.3 is 5.32 Å². The fourth-order valence-electron chi connectivity index (χ4n) is 1.89. The largest absolute Gasteiger partial charge is 0.306 e. The first-order valence-electron chi connectivity index (χ1n) is 6.16. The molecule has 1 N–H and O–H groups in total. The van der Waals surface area contributed by atoms with Gasteiger partial charge in [-0.15, -0.1) is 11.3 Å². The topological polar surface area (TPSA) is 12.0 Å². The van der Waals surface area contributed by atoms with Gasteiger partial charge in [0.2, 0.25) is 0 Å². The minimum atomic E-state index is -0.561. The highest BCUT2D eigenvalue weighted by Crippen LogP contribution is 2.38. The van der Waals surface area contributed by atoms with Gasteiger partial charge in [0, 0.05) is 21.0 Å². The van der Waals surface area contributed by atoms with E-state index in [-0.39, 0.29) is 6.04 Å². The molecule has 108 valence electrons. The van der Waals surface area contributed by atoms with Crippen LogP contribution in [0.5, 0.6) is 0 Å². The lowest BCUT2D eigenvalue weighted by Crippen LogP contribution is -2.23. The maximum absolute atomic E-state index is 14.0. The van der Waals surface area contributed by atoms with Gasteiger partial charge in [0.1, 0.15) is 11.6 Å². The summed E-state index contributed by atoms with van der Waals surface area (Å²) in [6.07, 6.45) is 0.938. The van der Waals surface area contributed by atoms with Crippen LogP contribution in [-0.2, 0) is 0 Å². The first-order valence-corrected chi connectivity index (χ1v) is 8.56. The maximum Gasteiger partial charge on any atom is 0.131 e. The molecule has 0 bridgehead atoms. The summed E-state index contributed by atoms with van der Waals surface area (Å²) in [4.78, 5) is 0.975. The van der Waals surface area contributed by atoms with Crippen LogP contribution in [0.1, 0.15) is 29.8 Å². The third kappa shape index (κ3) is 3.67. The summed E-state index contributed by atoms with van der Waals surface area (Å²) in [5, 5.41) is 3.31. The Balaban J connectivity index is 2.41. The van der Waals surface area contributed by atoms with E-state index in [9.17, 15) is 8.78 Å². The van der Waals surface area contributed by atoms with Crippen molar-refractivity contribution < 1.29 is 8.78 Å². The molecule has 0 amide bonds. The Bertz CT molecular complexity index is 581. The van der Waals surface area contributed by atoms with Gasteiger partial charge in [-0.25, -0.2) is 8.78 Å². The molecule has 6 heteroatoms. The van der Waals surface area contributed by atoms with Crippen LogP contribution in [0.2, 0.25) is 0 Å². The smallest absolute Gasteiger partial charge is 0.131 e. The summed E-state index contributed by atoms with van der Waals surface area (Å²) in [6.45, 7) is 2.81. The highest BCUT2D eigenvalue weighted by molar-refractivity contribution is 9.13. The molecular formula is C14H13Br2F2NS. The number of hydrogen-bond donors (Lipinski definition) is 1. The standard InChI is InChI=1S/C14H13Br2F2NS/c1-2-5-19-13(12-7-10(15)14(16)20-12)9-4-3-8(17)6-11(9)18/h3-4,6-7,13,19H,2,5H2,1H3. The van der Waals surface area contributed by atoms with Crippen molar-refractivity contribution in [1.82, 2.24) is 5.32 Å².